The molecule has 0 aliphatic rings. The molecule has 4 heteroatoms. The van der Waals surface area contributed by atoms with Crippen molar-refractivity contribution in [2.24, 2.45) is 0 Å². The monoisotopic (exact) mass is 272 g/mol. The quantitative estimate of drug-likeness (QED) is 0.877. The van der Waals surface area contributed by atoms with Crippen LogP contribution in [-0.4, -0.2) is 11.9 Å². The minimum absolute atomic E-state index is 0.222. The second-order valence-corrected chi connectivity index (χ2v) is 5.12. The van der Waals surface area contributed by atoms with Gasteiger partial charge in [-0.05, 0) is 30.7 Å². The van der Waals surface area contributed by atoms with Gasteiger partial charge in [0.15, 0.2) is 5.76 Å². The fraction of sp³-hybridized carbons (Fsp3) is 0.312. The molecule has 1 heterocycles. The van der Waals surface area contributed by atoms with Gasteiger partial charge in [-0.2, -0.15) is 0 Å². The molecule has 0 fully saturated rings. The number of rotatable bonds is 5. The van der Waals surface area contributed by atoms with E-state index in [2.05, 4.69) is 24.5 Å². The summed E-state index contributed by atoms with van der Waals surface area (Å²) in [7, 11) is 0. The molecular weight excluding hydrogens is 252 g/mol. The standard InChI is InChI=1S/C16H20N2O2/c1-11(2)17-10-13-4-6-14(7-5-13)18-16(19)15-12(3)8-9-20-15/h4-9,11,17H,10H2,1-3H3,(H,18,19). The van der Waals surface area contributed by atoms with Gasteiger partial charge >= 0.3 is 0 Å². The summed E-state index contributed by atoms with van der Waals surface area (Å²) in [4.78, 5) is 12.0. The Morgan fingerprint density at radius 2 is 1.90 bits per heavy atom. The molecule has 0 saturated heterocycles. The number of benzene rings is 1. The zero-order valence-corrected chi connectivity index (χ0v) is 12.1. The number of aryl methyl sites for hydroxylation is 1. The average Bonchev–Trinajstić information content (AvgIpc) is 2.84. The zero-order valence-electron chi connectivity index (χ0n) is 12.1. The molecule has 0 atom stereocenters. The van der Waals surface area contributed by atoms with Gasteiger partial charge in [-0.25, -0.2) is 0 Å². The second-order valence-electron chi connectivity index (χ2n) is 5.12. The Balaban J connectivity index is 1.97. The lowest BCUT2D eigenvalue weighted by atomic mass is 10.2. The van der Waals surface area contributed by atoms with E-state index in [9.17, 15) is 4.79 Å². The number of carbonyl (C=O) groups is 1. The van der Waals surface area contributed by atoms with Gasteiger partial charge in [-0.15, -0.1) is 0 Å². The summed E-state index contributed by atoms with van der Waals surface area (Å²) in [6.07, 6.45) is 1.52. The Kier molecular flexibility index (Phi) is 4.58. The maximum Gasteiger partial charge on any atom is 0.291 e. The molecule has 2 aromatic rings. The normalized spacial score (nSPS) is 10.8. The minimum Gasteiger partial charge on any atom is -0.459 e. The molecule has 1 amide bonds. The molecule has 0 unspecified atom stereocenters. The van der Waals surface area contributed by atoms with Crippen molar-refractivity contribution in [2.45, 2.75) is 33.4 Å². The van der Waals surface area contributed by atoms with Gasteiger partial charge in [0.1, 0.15) is 0 Å². The molecule has 0 bridgehead atoms. The first-order valence-corrected chi connectivity index (χ1v) is 6.74. The van der Waals surface area contributed by atoms with Gasteiger partial charge in [-0.3, -0.25) is 4.79 Å². The smallest absolute Gasteiger partial charge is 0.291 e. The lowest BCUT2D eigenvalue weighted by Crippen LogP contribution is -2.21. The molecule has 0 spiro atoms. The van der Waals surface area contributed by atoms with Crippen LogP contribution in [0.3, 0.4) is 0 Å². The summed E-state index contributed by atoms with van der Waals surface area (Å²) in [5.41, 5.74) is 2.78. The first kappa shape index (κ1) is 14.3. The average molecular weight is 272 g/mol. The number of anilines is 1. The van der Waals surface area contributed by atoms with E-state index in [0.29, 0.717) is 11.8 Å². The molecule has 20 heavy (non-hydrogen) atoms. The van der Waals surface area contributed by atoms with Crippen LogP contribution in [0.4, 0.5) is 5.69 Å². The van der Waals surface area contributed by atoms with E-state index in [0.717, 1.165) is 17.8 Å². The van der Waals surface area contributed by atoms with Crippen LogP contribution >= 0.6 is 0 Å². The van der Waals surface area contributed by atoms with Crippen LogP contribution in [0.5, 0.6) is 0 Å². The topological polar surface area (TPSA) is 54.3 Å². The van der Waals surface area contributed by atoms with E-state index in [1.54, 1.807) is 6.07 Å². The lowest BCUT2D eigenvalue weighted by Gasteiger charge is -2.09. The summed E-state index contributed by atoms with van der Waals surface area (Å²) in [6.45, 7) is 6.89. The van der Waals surface area contributed by atoms with Gasteiger partial charge in [0.25, 0.3) is 5.91 Å². The molecule has 106 valence electrons. The third-order valence-corrected chi connectivity index (χ3v) is 2.99. The third kappa shape index (κ3) is 3.71. The number of carbonyl (C=O) groups excluding carboxylic acids is 1. The van der Waals surface area contributed by atoms with Crippen molar-refractivity contribution in [1.29, 1.82) is 0 Å². The molecule has 2 rings (SSSR count). The maximum atomic E-state index is 12.0. The zero-order chi connectivity index (χ0) is 14.5. The Morgan fingerprint density at radius 3 is 2.45 bits per heavy atom. The van der Waals surface area contributed by atoms with Gasteiger partial charge in [0.2, 0.25) is 0 Å². The number of hydrogen-bond acceptors (Lipinski definition) is 3. The van der Waals surface area contributed by atoms with Crippen LogP contribution in [0.1, 0.15) is 35.5 Å². The maximum absolute atomic E-state index is 12.0. The fourth-order valence-corrected chi connectivity index (χ4v) is 1.82. The Labute approximate surface area is 119 Å². The van der Waals surface area contributed by atoms with Crippen LogP contribution < -0.4 is 10.6 Å². The van der Waals surface area contributed by atoms with Crippen molar-refractivity contribution in [1.82, 2.24) is 5.32 Å². The molecule has 2 N–H and O–H groups in total. The van der Waals surface area contributed by atoms with Crippen LogP contribution in [0.2, 0.25) is 0 Å². The van der Waals surface area contributed by atoms with E-state index in [-0.39, 0.29) is 5.91 Å². The van der Waals surface area contributed by atoms with Crippen molar-refractivity contribution in [3.8, 4) is 0 Å². The van der Waals surface area contributed by atoms with Gasteiger partial charge < -0.3 is 15.1 Å². The molecule has 1 aromatic heterocycles. The first-order valence-electron chi connectivity index (χ1n) is 6.74. The molecule has 0 aliphatic heterocycles. The highest BCUT2D eigenvalue weighted by Gasteiger charge is 2.12. The van der Waals surface area contributed by atoms with Crippen LogP contribution in [0, 0.1) is 6.92 Å². The largest absolute Gasteiger partial charge is 0.459 e. The van der Waals surface area contributed by atoms with Crippen molar-refractivity contribution >= 4 is 11.6 Å². The third-order valence-electron chi connectivity index (χ3n) is 2.99. The van der Waals surface area contributed by atoms with Crippen molar-refractivity contribution in [2.75, 3.05) is 5.32 Å². The Morgan fingerprint density at radius 1 is 1.20 bits per heavy atom. The van der Waals surface area contributed by atoms with E-state index < -0.39 is 0 Å². The Hall–Kier alpha value is -2.07. The van der Waals surface area contributed by atoms with Crippen LogP contribution in [-0.2, 0) is 6.54 Å². The van der Waals surface area contributed by atoms with Crippen molar-refractivity contribution < 1.29 is 9.21 Å². The highest BCUT2D eigenvalue weighted by atomic mass is 16.3. The first-order chi connectivity index (χ1) is 9.56. The number of furan rings is 1. The SMILES string of the molecule is Cc1ccoc1C(=O)Nc1ccc(CNC(C)C)cc1. The van der Waals surface area contributed by atoms with Crippen molar-refractivity contribution in [3.63, 3.8) is 0 Å². The highest BCUT2D eigenvalue weighted by molar-refractivity contribution is 6.03. The molecule has 0 aliphatic carbocycles. The predicted molar refractivity (Wildman–Crippen MR) is 79.8 cm³/mol. The molecule has 0 radical (unpaired) electrons. The molecule has 1 aromatic carbocycles. The number of nitrogens with one attached hydrogen (secondary N) is 2. The fourth-order valence-electron chi connectivity index (χ4n) is 1.82. The lowest BCUT2D eigenvalue weighted by molar-refractivity contribution is 0.0996. The highest BCUT2D eigenvalue weighted by Crippen LogP contribution is 2.14. The molecular formula is C16H20N2O2. The van der Waals surface area contributed by atoms with E-state index >= 15 is 0 Å². The summed E-state index contributed by atoms with van der Waals surface area (Å²) in [5.74, 6) is 0.135. The summed E-state index contributed by atoms with van der Waals surface area (Å²) < 4.78 is 5.16. The summed E-state index contributed by atoms with van der Waals surface area (Å²) in [6, 6.07) is 10.0. The predicted octanol–water partition coefficient (Wildman–Crippen LogP) is 3.34. The van der Waals surface area contributed by atoms with Gasteiger partial charge in [0, 0.05) is 23.8 Å². The molecule has 4 nitrogen and oxygen atoms in total. The van der Waals surface area contributed by atoms with E-state index in [1.165, 1.54) is 11.8 Å². The number of amides is 1. The summed E-state index contributed by atoms with van der Waals surface area (Å²) >= 11 is 0. The second kappa shape index (κ2) is 6.39. The van der Waals surface area contributed by atoms with Crippen LogP contribution in [0.25, 0.3) is 0 Å². The molecule has 0 saturated carbocycles. The summed E-state index contributed by atoms with van der Waals surface area (Å²) in [5, 5.41) is 6.17. The van der Waals surface area contributed by atoms with Gasteiger partial charge in [-0.1, -0.05) is 26.0 Å². The van der Waals surface area contributed by atoms with Crippen molar-refractivity contribution in [3.05, 3.63) is 53.5 Å². The van der Waals surface area contributed by atoms with E-state index in [4.69, 9.17) is 4.42 Å². The van der Waals surface area contributed by atoms with E-state index in [1.807, 2.05) is 31.2 Å². The minimum atomic E-state index is -0.222. The number of hydrogen-bond donors (Lipinski definition) is 2. The Bertz CT molecular complexity index is 570. The van der Waals surface area contributed by atoms with Crippen LogP contribution in [0.15, 0.2) is 41.0 Å². The van der Waals surface area contributed by atoms with Gasteiger partial charge in [0.05, 0.1) is 6.26 Å².